The van der Waals surface area contributed by atoms with E-state index in [9.17, 15) is 13.2 Å². The van der Waals surface area contributed by atoms with Gasteiger partial charge in [0.2, 0.25) is 15.9 Å². The summed E-state index contributed by atoms with van der Waals surface area (Å²) in [6, 6.07) is 8.36. The van der Waals surface area contributed by atoms with Crippen LogP contribution in [0, 0.1) is 0 Å². The molecule has 0 aromatic heterocycles. The maximum absolute atomic E-state index is 12.6. The van der Waals surface area contributed by atoms with Crippen molar-refractivity contribution >= 4 is 27.5 Å². The van der Waals surface area contributed by atoms with Crippen molar-refractivity contribution in [3.63, 3.8) is 0 Å². The normalized spacial score (nSPS) is 12.2. The standard InChI is InChI=1S/C20H25ClN2O6S/c1-5-29-17-9-7-15(11-16(17)21)30(25,26)23-13(2)20(24)22-12-14-6-8-18(27-3)19(10-14)28-4/h6-11,13,23H,5,12H2,1-4H3,(H,22,24)/t13-/m0/s1. The fraction of sp³-hybridized carbons (Fsp3) is 0.350. The highest BCUT2D eigenvalue weighted by Gasteiger charge is 2.23. The van der Waals surface area contributed by atoms with Gasteiger partial charge in [-0.25, -0.2) is 8.42 Å². The summed E-state index contributed by atoms with van der Waals surface area (Å²) in [6.45, 7) is 3.85. The van der Waals surface area contributed by atoms with Crippen molar-refractivity contribution < 1.29 is 27.4 Å². The lowest BCUT2D eigenvalue weighted by Crippen LogP contribution is -2.44. The van der Waals surface area contributed by atoms with E-state index in [1.165, 1.54) is 39.3 Å². The lowest BCUT2D eigenvalue weighted by atomic mass is 10.2. The fourth-order valence-electron chi connectivity index (χ4n) is 2.61. The van der Waals surface area contributed by atoms with Gasteiger partial charge in [0.25, 0.3) is 0 Å². The zero-order valence-corrected chi connectivity index (χ0v) is 18.8. The third-order valence-electron chi connectivity index (χ3n) is 4.15. The molecule has 1 atom stereocenters. The van der Waals surface area contributed by atoms with E-state index in [2.05, 4.69) is 10.0 Å². The summed E-state index contributed by atoms with van der Waals surface area (Å²) in [5.74, 6) is 1.01. The summed E-state index contributed by atoms with van der Waals surface area (Å²) >= 11 is 6.06. The number of hydrogen-bond acceptors (Lipinski definition) is 6. The van der Waals surface area contributed by atoms with Gasteiger partial charge in [-0.15, -0.1) is 0 Å². The van der Waals surface area contributed by atoms with Gasteiger partial charge in [0, 0.05) is 6.54 Å². The number of ether oxygens (including phenoxy) is 3. The summed E-state index contributed by atoms with van der Waals surface area (Å²) < 4.78 is 43.2. The Bertz CT molecular complexity index is 997. The van der Waals surface area contributed by atoms with Gasteiger partial charge in [-0.05, 0) is 49.7 Å². The topological polar surface area (TPSA) is 103 Å². The van der Waals surface area contributed by atoms with Gasteiger partial charge in [0.15, 0.2) is 11.5 Å². The average molecular weight is 457 g/mol. The minimum absolute atomic E-state index is 0.0597. The summed E-state index contributed by atoms with van der Waals surface area (Å²) in [5.41, 5.74) is 0.773. The largest absolute Gasteiger partial charge is 0.493 e. The third kappa shape index (κ3) is 6.01. The molecule has 0 fully saturated rings. The molecular weight excluding hydrogens is 432 g/mol. The van der Waals surface area contributed by atoms with Crippen LogP contribution >= 0.6 is 11.6 Å². The zero-order chi connectivity index (χ0) is 22.3. The van der Waals surface area contributed by atoms with E-state index in [0.29, 0.717) is 23.9 Å². The summed E-state index contributed by atoms with van der Waals surface area (Å²) in [5, 5.41) is 2.86. The Hall–Kier alpha value is -2.49. The Morgan fingerprint density at radius 2 is 1.73 bits per heavy atom. The summed E-state index contributed by atoms with van der Waals surface area (Å²) in [6.07, 6.45) is 0. The van der Waals surface area contributed by atoms with Crippen molar-refractivity contribution in [2.45, 2.75) is 31.3 Å². The van der Waals surface area contributed by atoms with Crippen LogP contribution in [0.25, 0.3) is 0 Å². The Morgan fingerprint density at radius 1 is 1.07 bits per heavy atom. The van der Waals surface area contributed by atoms with Crippen LogP contribution in [0.2, 0.25) is 5.02 Å². The highest BCUT2D eigenvalue weighted by atomic mass is 35.5. The van der Waals surface area contributed by atoms with Gasteiger partial charge >= 0.3 is 0 Å². The van der Waals surface area contributed by atoms with E-state index < -0.39 is 22.0 Å². The number of carbonyl (C=O) groups is 1. The molecule has 8 nitrogen and oxygen atoms in total. The van der Waals surface area contributed by atoms with Crippen LogP contribution in [0.15, 0.2) is 41.3 Å². The molecule has 0 unspecified atom stereocenters. The van der Waals surface area contributed by atoms with Gasteiger partial charge in [0.05, 0.1) is 36.8 Å². The van der Waals surface area contributed by atoms with Crippen molar-refractivity contribution in [1.29, 1.82) is 0 Å². The third-order valence-corrected chi connectivity index (χ3v) is 5.99. The summed E-state index contributed by atoms with van der Waals surface area (Å²) in [7, 11) is -0.898. The minimum Gasteiger partial charge on any atom is -0.493 e. The number of halogens is 1. The molecule has 0 radical (unpaired) electrons. The predicted molar refractivity (Wildman–Crippen MR) is 114 cm³/mol. The number of methoxy groups -OCH3 is 2. The molecule has 2 N–H and O–H groups in total. The average Bonchev–Trinajstić information content (AvgIpc) is 2.72. The number of hydrogen-bond donors (Lipinski definition) is 2. The lowest BCUT2D eigenvalue weighted by molar-refractivity contribution is -0.122. The fourth-order valence-corrected chi connectivity index (χ4v) is 4.14. The predicted octanol–water partition coefficient (Wildman–Crippen LogP) is 2.74. The maximum atomic E-state index is 12.6. The van der Waals surface area contributed by atoms with Crippen LogP contribution in [0.1, 0.15) is 19.4 Å². The molecule has 0 aliphatic rings. The van der Waals surface area contributed by atoms with E-state index in [1.807, 2.05) is 0 Å². The molecule has 2 rings (SSSR count). The SMILES string of the molecule is CCOc1ccc(S(=O)(=O)N[C@@H](C)C(=O)NCc2ccc(OC)c(OC)c2)cc1Cl. The van der Waals surface area contributed by atoms with Crippen LogP contribution in [0.5, 0.6) is 17.2 Å². The molecule has 0 saturated carbocycles. The van der Waals surface area contributed by atoms with Crippen molar-refractivity contribution in [1.82, 2.24) is 10.0 Å². The van der Waals surface area contributed by atoms with Gasteiger partial charge in [0.1, 0.15) is 5.75 Å². The van der Waals surface area contributed by atoms with E-state index in [1.54, 1.807) is 25.1 Å². The second-order valence-corrected chi connectivity index (χ2v) is 8.40. The zero-order valence-electron chi connectivity index (χ0n) is 17.2. The molecule has 2 aromatic rings. The van der Waals surface area contributed by atoms with Crippen LogP contribution < -0.4 is 24.2 Å². The van der Waals surface area contributed by atoms with Crippen LogP contribution in [-0.4, -0.2) is 41.2 Å². The minimum atomic E-state index is -3.95. The van der Waals surface area contributed by atoms with Crippen LogP contribution in [0.4, 0.5) is 0 Å². The highest BCUT2D eigenvalue weighted by molar-refractivity contribution is 7.89. The molecule has 0 aliphatic heterocycles. The highest BCUT2D eigenvalue weighted by Crippen LogP contribution is 2.28. The first-order chi connectivity index (χ1) is 14.2. The molecule has 0 aliphatic carbocycles. The molecule has 1 amide bonds. The number of nitrogens with one attached hydrogen (secondary N) is 2. The smallest absolute Gasteiger partial charge is 0.241 e. The molecule has 30 heavy (non-hydrogen) atoms. The van der Waals surface area contributed by atoms with Gasteiger partial charge in [-0.1, -0.05) is 17.7 Å². The Balaban J connectivity index is 2.02. The van der Waals surface area contributed by atoms with Crippen LogP contribution in [-0.2, 0) is 21.4 Å². The second kappa shape index (κ2) is 10.5. The number of carbonyl (C=O) groups excluding carboxylic acids is 1. The first-order valence-electron chi connectivity index (χ1n) is 9.15. The Kier molecular flexibility index (Phi) is 8.33. The number of rotatable bonds is 10. The lowest BCUT2D eigenvalue weighted by Gasteiger charge is -2.16. The molecule has 0 bridgehead atoms. The number of benzene rings is 2. The second-order valence-electron chi connectivity index (χ2n) is 6.28. The molecular formula is C20H25ClN2O6S. The monoisotopic (exact) mass is 456 g/mol. The molecule has 0 heterocycles. The van der Waals surface area contributed by atoms with Crippen molar-refractivity contribution in [3.05, 3.63) is 47.0 Å². The number of amides is 1. The van der Waals surface area contributed by atoms with Gasteiger partial charge < -0.3 is 19.5 Å². The molecule has 164 valence electrons. The molecule has 0 saturated heterocycles. The summed E-state index contributed by atoms with van der Waals surface area (Å²) in [4.78, 5) is 12.3. The first kappa shape index (κ1) is 23.8. The first-order valence-corrected chi connectivity index (χ1v) is 11.0. The Morgan fingerprint density at radius 3 is 2.33 bits per heavy atom. The van der Waals surface area contributed by atoms with E-state index in [0.717, 1.165) is 5.56 Å². The van der Waals surface area contributed by atoms with Crippen LogP contribution in [0.3, 0.4) is 0 Å². The molecule has 10 heteroatoms. The van der Waals surface area contributed by atoms with Crippen molar-refractivity contribution in [3.8, 4) is 17.2 Å². The van der Waals surface area contributed by atoms with E-state index in [4.69, 9.17) is 25.8 Å². The van der Waals surface area contributed by atoms with Gasteiger partial charge in [-0.3, -0.25) is 4.79 Å². The van der Waals surface area contributed by atoms with Crippen molar-refractivity contribution in [2.75, 3.05) is 20.8 Å². The Labute approximate surface area is 181 Å². The van der Waals surface area contributed by atoms with E-state index >= 15 is 0 Å². The molecule has 2 aromatic carbocycles. The number of sulfonamides is 1. The van der Waals surface area contributed by atoms with Gasteiger partial charge in [-0.2, -0.15) is 4.72 Å². The van der Waals surface area contributed by atoms with E-state index in [-0.39, 0.29) is 16.5 Å². The quantitative estimate of drug-likeness (QED) is 0.569. The maximum Gasteiger partial charge on any atom is 0.241 e. The molecule has 0 spiro atoms. The van der Waals surface area contributed by atoms with Crippen molar-refractivity contribution in [2.24, 2.45) is 0 Å².